The molecule has 3 heterocycles. The lowest BCUT2D eigenvalue weighted by Gasteiger charge is -2.72. The molecule has 0 aromatic heterocycles. The van der Waals surface area contributed by atoms with E-state index < -0.39 is 157 Å². The van der Waals surface area contributed by atoms with E-state index in [4.69, 9.17) is 28.4 Å². The number of carbonyl (C=O) groups is 1. The summed E-state index contributed by atoms with van der Waals surface area (Å²) in [6, 6.07) is 0. The SMILES string of the molecule is CC1OC(OC(=O)C23CCC(C)(C)CC2C2=CCC4C5(C)CC(O)C(O)C(C)(CO)C5CCC4(C)C2(C)CC3OC2OC(CO)C(O)C(O)C2OC2OCC(O)C(O)C2O)C(O)C(O)C1O. The maximum atomic E-state index is 15.6. The summed E-state index contributed by atoms with van der Waals surface area (Å²) in [7, 11) is 0. The van der Waals surface area contributed by atoms with Gasteiger partial charge in [0.2, 0.25) is 6.29 Å². The monoisotopic (exact) mass is 944 g/mol. The van der Waals surface area contributed by atoms with Crippen molar-refractivity contribution in [2.75, 3.05) is 19.8 Å². The Morgan fingerprint density at radius 3 is 2.06 bits per heavy atom. The first-order chi connectivity index (χ1) is 30.8. The molecule has 0 bridgehead atoms. The quantitative estimate of drug-likeness (QED) is 0.0996. The molecule has 0 aromatic rings. The fraction of sp³-hybridized carbons (Fsp3) is 0.936. The van der Waals surface area contributed by atoms with Gasteiger partial charge in [-0.1, -0.05) is 53.2 Å². The van der Waals surface area contributed by atoms with Gasteiger partial charge in [-0.25, -0.2) is 0 Å². The molecule has 3 saturated heterocycles. The zero-order chi connectivity index (χ0) is 48.4. The van der Waals surface area contributed by atoms with Gasteiger partial charge in [0.1, 0.15) is 66.5 Å². The molecule has 19 nitrogen and oxygen atoms in total. The molecule has 3 aliphatic heterocycles. The number of ether oxygens (including phenoxy) is 6. The Labute approximate surface area is 385 Å². The summed E-state index contributed by atoms with van der Waals surface area (Å²) in [5, 5.41) is 131. The van der Waals surface area contributed by atoms with E-state index >= 15 is 4.79 Å². The maximum Gasteiger partial charge on any atom is 0.317 e. The van der Waals surface area contributed by atoms with E-state index in [2.05, 4.69) is 40.7 Å². The van der Waals surface area contributed by atoms with Crippen LogP contribution in [0.3, 0.4) is 0 Å². The van der Waals surface area contributed by atoms with Gasteiger partial charge in [0.25, 0.3) is 0 Å². The van der Waals surface area contributed by atoms with Gasteiger partial charge in [0.15, 0.2) is 12.6 Å². The van der Waals surface area contributed by atoms with Crippen LogP contribution in [0.15, 0.2) is 11.6 Å². The van der Waals surface area contributed by atoms with Crippen molar-refractivity contribution in [3.05, 3.63) is 11.6 Å². The van der Waals surface area contributed by atoms with Crippen LogP contribution in [0.25, 0.3) is 0 Å². The van der Waals surface area contributed by atoms with Gasteiger partial charge in [-0.3, -0.25) is 4.79 Å². The summed E-state index contributed by atoms with van der Waals surface area (Å²) < 4.78 is 37.0. The highest BCUT2D eigenvalue weighted by atomic mass is 16.8. The summed E-state index contributed by atoms with van der Waals surface area (Å²) in [5.74, 6) is -1.69. The van der Waals surface area contributed by atoms with Gasteiger partial charge < -0.3 is 89.7 Å². The molecule has 4 saturated carbocycles. The molecule has 8 aliphatic rings. The summed E-state index contributed by atoms with van der Waals surface area (Å²) in [6.07, 6.45) is -20.6. The van der Waals surface area contributed by atoms with Crippen LogP contribution in [0.5, 0.6) is 0 Å². The molecule has 19 heteroatoms. The van der Waals surface area contributed by atoms with Crippen molar-refractivity contribution >= 4 is 5.97 Å². The van der Waals surface area contributed by atoms with Crippen molar-refractivity contribution in [1.82, 2.24) is 0 Å². The minimum absolute atomic E-state index is 0.105. The lowest BCUT2D eigenvalue weighted by atomic mass is 9.33. The third-order valence-electron chi connectivity index (χ3n) is 19.0. The summed E-state index contributed by atoms with van der Waals surface area (Å²) >= 11 is 0. The zero-order valence-electron chi connectivity index (χ0n) is 39.1. The van der Waals surface area contributed by atoms with Gasteiger partial charge >= 0.3 is 5.97 Å². The average molecular weight is 945 g/mol. The number of aliphatic hydroxyl groups is 12. The van der Waals surface area contributed by atoms with Gasteiger partial charge in [-0.05, 0) is 97.7 Å². The van der Waals surface area contributed by atoms with Crippen LogP contribution in [0.1, 0.15) is 99.8 Å². The molecule has 25 unspecified atom stereocenters. The minimum atomic E-state index is -1.85. The molecular formula is C47H76O19. The van der Waals surface area contributed by atoms with Crippen molar-refractivity contribution in [3.63, 3.8) is 0 Å². The van der Waals surface area contributed by atoms with Crippen LogP contribution in [0, 0.1) is 50.2 Å². The molecule has 8 rings (SSSR count). The van der Waals surface area contributed by atoms with E-state index in [-0.39, 0.29) is 36.7 Å². The molecule has 25 atom stereocenters. The predicted octanol–water partition coefficient (Wildman–Crippen LogP) is -1.28. The molecule has 0 radical (unpaired) electrons. The number of carbonyl (C=O) groups excluding carboxylic acids is 1. The lowest BCUT2D eigenvalue weighted by molar-refractivity contribution is -0.371. The third-order valence-corrected chi connectivity index (χ3v) is 19.0. The van der Waals surface area contributed by atoms with E-state index in [1.165, 1.54) is 6.92 Å². The fourth-order valence-electron chi connectivity index (χ4n) is 14.8. The highest BCUT2D eigenvalue weighted by Crippen LogP contribution is 2.76. The standard InChI is InChI=1S/C47H76O19/c1-20-29(52)32(55)35(58)39(62-20)66-41(60)47-13-12-42(2,3)14-22(47)21-8-9-27-43(4)15-23(50)37(59)44(5,19-49)26(43)10-11-45(27,6)46(21,7)16-28(47)64-40-36(33(56)31(54)25(17-48)63-40)65-38-34(57)30(53)24(51)18-61-38/h8,20,22-40,48-59H,9-19H2,1-7H3. The van der Waals surface area contributed by atoms with Crippen molar-refractivity contribution in [3.8, 4) is 0 Å². The van der Waals surface area contributed by atoms with Crippen molar-refractivity contribution in [1.29, 1.82) is 0 Å². The highest BCUT2D eigenvalue weighted by Gasteiger charge is 2.73. The average Bonchev–Trinajstić information content (AvgIpc) is 3.26. The topological polar surface area (TPSA) is 315 Å². The summed E-state index contributed by atoms with van der Waals surface area (Å²) in [4.78, 5) is 15.6. The van der Waals surface area contributed by atoms with Crippen LogP contribution in [0.2, 0.25) is 0 Å². The minimum Gasteiger partial charge on any atom is -0.432 e. The van der Waals surface area contributed by atoms with E-state index in [1.807, 2.05) is 6.92 Å². The summed E-state index contributed by atoms with van der Waals surface area (Å²) in [6.45, 7) is 12.5. The molecule has 5 aliphatic carbocycles. The lowest BCUT2D eigenvalue weighted by Crippen LogP contribution is -2.70. The van der Waals surface area contributed by atoms with Crippen molar-refractivity contribution in [2.45, 2.75) is 204 Å². The van der Waals surface area contributed by atoms with E-state index in [0.29, 0.717) is 38.5 Å². The van der Waals surface area contributed by atoms with Gasteiger partial charge in [0, 0.05) is 5.41 Å². The van der Waals surface area contributed by atoms with Gasteiger partial charge in [0.05, 0.1) is 44.2 Å². The Morgan fingerprint density at radius 2 is 1.39 bits per heavy atom. The molecular weight excluding hydrogens is 868 g/mol. The fourth-order valence-corrected chi connectivity index (χ4v) is 14.8. The van der Waals surface area contributed by atoms with Crippen molar-refractivity contribution < 1.29 is 94.5 Å². The molecule has 0 spiro atoms. The molecule has 7 fully saturated rings. The number of esters is 1. The molecule has 0 aromatic carbocycles. The summed E-state index contributed by atoms with van der Waals surface area (Å²) in [5.41, 5.74) is -3.84. The second-order valence-corrected chi connectivity index (χ2v) is 23.1. The van der Waals surface area contributed by atoms with E-state index in [1.54, 1.807) is 0 Å². The van der Waals surface area contributed by atoms with Crippen LogP contribution >= 0.6 is 0 Å². The second-order valence-electron chi connectivity index (χ2n) is 23.1. The molecule has 0 amide bonds. The molecule has 378 valence electrons. The number of hydrogen-bond donors (Lipinski definition) is 12. The van der Waals surface area contributed by atoms with Gasteiger partial charge in [-0.2, -0.15) is 0 Å². The van der Waals surface area contributed by atoms with Crippen LogP contribution in [-0.4, -0.2) is 191 Å². The molecule has 12 N–H and O–H groups in total. The zero-order valence-corrected chi connectivity index (χ0v) is 39.1. The first kappa shape index (κ1) is 50.9. The number of hydrogen-bond acceptors (Lipinski definition) is 19. The number of rotatable bonds is 8. The first-order valence-electron chi connectivity index (χ1n) is 23.9. The number of fused-ring (bicyclic) bond motifs is 7. The second kappa shape index (κ2) is 17.7. The molecule has 66 heavy (non-hydrogen) atoms. The normalized spacial score (nSPS) is 55.9. The Bertz CT molecular complexity index is 1820. The van der Waals surface area contributed by atoms with Gasteiger partial charge in [-0.15, -0.1) is 0 Å². The number of aliphatic hydroxyl groups excluding tert-OH is 12. The Hall–Kier alpha value is -1.47. The van der Waals surface area contributed by atoms with Crippen LogP contribution < -0.4 is 0 Å². The van der Waals surface area contributed by atoms with E-state index in [0.717, 1.165) is 5.57 Å². The predicted molar refractivity (Wildman–Crippen MR) is 227 cm³/mol. The van der Waals surface area contributed by atoms with Crippen LogP contribution in [-0.2, 0) is 33.2 Å². The Morgan fingerprint density at radius 1 is 0.712 bits per heavy atom. The third kappa shape index (κ3) is 7.60. The smallest absolute Gasteiger partial charge is 0.317 e. The number of allylic oxidation sites excluding steroid dienone is 2. The van der Waals surface area contributed by atoms with E-state index in [9.17, 15) is 61.3 Å². The van der Waals surface area contributed by atoms with Crippen molar-refractivity contribution in [2.24, 2.45) is 50.2 Å². The van der Waals surface area contributed by atoms with Crippen LogP contribution in [0.4, 0.5) is 0 Å². The Kier molecular flexibility index (Phi) is 13.6. The largest absolute Gasteiger partial charge is 0.432 e. The first-order valence-corrected chi connectivity index (χ1v) is 23.9. The maximum absolute atomic E-state index is 15.6. The highest BCUT2D eigenvalue weighted by molar-refractivity contribution is 5.80. The Balaban J connectivity index is 1.26.